The molecule has 26 heavy (non-hydrogen) atoms. The molecule has 1 fully saturated rings. The van der Waals surface area contributed by atoms with Crippen LogP contribution in [0.25, 0.3) is 10.9 Å². The Morgan fingerprint density at radius 3 is 2.73 bits per heavy atom. The second-order valence-electron chi connectivity index (χ2n) is 6.71. The Kier molecular flexibility index (Phi) is 4.66. The van der Waals surface area contributed by atoms with Gasteiger partial charge in [-0.05, 0) is 32.0 Å². The fourth-order valence-corrected chi connectivity index (χ4v) is 3.18. The Labute approximate surface area is 151 Å². The van der Waals surface area contributed by atoms with Crippen LogP contribution in [0.15, 0.2) is 35.4 Å². The first-order valence-corrected chi connectivity index (χ1v) is 8.84. The largest absolute Gasteiger partial charge is 0.474 e. The second kappa shape index (κ2) is 7.25. The molecule has 8 nitrogen and oxygen atoms in total. The third-order valence-corrected chi connectivity index (χ3v) is 4.46. The summed E-state index contributed by atoms with van der Waals surface area (Å²) in [6, 6.07) is 6.28. The number of fused-ring (bicyclic) bond motifs is 1. The molecule has 0 radical (unpaired) electrons. The maximum absolute atomic E-state index is 5.85. The van der Waals surface area contributed by atoms with E-state index in [-0.39, 0.29) is 6.10 Å². The molecular formula is C18H22N6O2. The zero-order valence-electron chi connectivity index (χ0n) is 15.0. The zero-order chi connectivity index (χ0) is 17.9. The fraction of sp³-hybridized carbons (Fsp3) is 0.444. The number of anilines is 1. The fourth-order valence-electron chi connectivity index (χ4n) is 3.18. The third-order valence-electron chi connectivity index (χ3n) is 4.46. The van der Waals surface area contributed by atoms with E-state index >= 15 is 0 Å². The lowest BCUT2D eigenvalue weighted by Gasteiger charge is -2.35. The molecule has 136 valence electrons. The zero-order valence-corrected chi connectivity index (χ0v) is 15.0. The Bertz CT molecular complexity index is 859. The van der Waals surface area contributed by atoms with Crippen LogP contribution < -0.4 is 9.64 Å². The Morgan fingerprint density at radius 1 is 1.15 bits per heavy atom. The highest BCUT2D eigenvalue weighted by Crippen LogP contribution is 2.28. The van der Waals surface area contributed by atoms with Gasteiger partial charge in [-0.2, -0.15) is 0 Å². The van der Waals surface area contributed by atoms with Crippen molar-refractivity contribution in [1.29, 1.82) is 0 Å². The summed E-state index contributed by atoms with van der Waals surface area (Å²) >= 11 is 0. The molecule has 3 heterocycles. The molecule has 0 amide bonds. The number of benzene rings is 1. The monoisotopic (exact) mass is 354 g/mol. The van der Waals surface area contributed by atoms with Gasteiger partial charge in [0.15, 0.2) is 0 Å². The van der Waals surface area contributed by atoms with Crippen molar-refractivity contribution in [2.75, 3.05) is 31.1 Å². The van der Waals surface area contributed by atoms with Gasteiger partial charge in [0.1, 0.15) is 12.0 Å². The van der Waals surface area contributed by atoms with Crippen molar-refractivity contribution in [2.45, 2.75) is 26.5 Å². The molecule has 0 atom stereocenters. The van der Waals surface area contributed by atoms with Gasteiger partial charge in [0, 0.05) is 38.4 Å². The van der Waals surface area contributed by atoms with E-state index in [0.29, 0.717) is 5.88 Å². The summed E-state index contributed by atoms with van der Waals surface area (Å²) in [5.74, 6) is 0.643. The Balaban J connectivity index is 1.48. The number of ether oxygens (including phenoxy) is 1. The van der Waals surface area contributed by atoms with Gasteiger partial charge in [0.25, 0.3) is 0 Å². The van der Waals surface area contributed by atoms with Crippen molar-refractivity contribution >= 4 is 16.6 Å². The molecule has 0 saturated carbocycles. The van der Waals surface area contributed by atoms with Crippen LogP contribution in [0.3, 0.4) is 0 Å². The number of rotatable bonds is 5. The lowest BCUT2D eigenvalue weighted by molar-refractivity contribution is 0.235. The van der Waals surface area contributed by atoms with Gasteiger partial charge in [0.05, 0.1) is 23.2 Å². The van der Waals surface area contributed by atoms with Crippen molar-refractivity contribution in [3.63, 3.8) is 0 Å². The van der Waals surface area contributed by atoms with E-state index in [0.717, 1.165) is 49.3 Å². The summed E-state index contributed by atoms with van der Waals surface area (Å²) in [7, 11) is 0. The number of piperazine rings is 1. The summed E-state index contributed by atoms with van der Waals surface area (Å²) in [6.45, 7) is 8.60. The molecule has 1 aromatic carbocycles. The highest BCUT2D eigenvalue weighted by Gasteiger charge is 2.19. The summed E-state index contributed by atoms with van der Waals surface area (Å²) in [6.07, 6.45) is 3.30. The molecule has 1 aliphatic rings. The molecule has 1 aliphatic heterocycles. The predicted octanol–water partition coefficient (Wildman–Crippen LogP) is 2.12. The quantitative estimate of drug-likeness (QED) is 0.689. The van der Waals surface area contributed by atoms with Gasteiger partial charge < -0.3 is 9.64 Å². The minimum atomic E-state index is 0.0753. The van der Waals surface area contributed by atoms with E-state index in [9.17, 15) is 0 Å². The van der Waals surface area contributed by atoms with E-state index in [1.54, 1.807) is 12.5 Å². The van der Waals surface area contributed by atoms with Crippen LogP contribution in [0.1, 0.15) is 19.5 Å². The van der Waals surface area contributed by atoms with Crippen LogP contribution in [0.2, 0.25) is 0 Å². The molecule has 2 aromatic heterocycles. The van der Waals surface area contributed by atoms with Crippen molar-refractivity contribution in [3.8, 4) is 5.88 Å². The standard InChI is InChI=1S/C18H22N6O2/c1-13(2)25-18-16-9-15(3-4-17(16)19-12-20-18)24-7-5-23(6-8-24)11-14-10-21-26-22-14/h3-4,9-10,12-13H,5-8,11H2,1-2H3. The molecule has 0 aliphatic carbocycles. The van der Waals surface area contributed by atoms with Crippen LogP contribution in [0.5, 0.6) is 5.88 Å². The summed E-state index contributed by atoms with van der Waals surface area (Å²) in [5.41, 5.74) is 2.94. The highest BCUT2D eigenvalue weighted by molar-refractivity contribution is 5.86. The normalized spacial score (nSPS) is 15.7. The number of nitrogens with zero attached hydrogens (tertiary/aromatic N) is 6. The lowest BCUT2D eigenvalue weighted by Crippen LogP contribution is -2.46. The van der Waals surface area contributed by atoms with Crippen LogP contribution >= 0.6 is 0 Å². The highest BCUT2D eigenvalue weighted by atomic mass is 16.6. The van der Waals surface area contributed by atoms with Crippen LogP contribution in [-0.2, 0) is 6.54 Å². The van der Waals surface area contributed by atoms with E-state index in [1.807, 2.05) is 19.9 Å². The molecular weight excluding hydrogens is 332 g/mol. The number of aromatic nitrogens is 4. The first-order valence-electron chi connectivity index (χ1n) is 8.84. The topological polar surface area (TPSA) is 80.4 Å². The van der Waals surface area contributed by atoms with Crippen molar-refractivity contribution in [3.05, 3.63) is 36.4 Å². The van der Waals surface area contributed by atoms with Gasteiger partial charge in [0.2, 0.25) is 5.88 Å². The van der Waals surface area contributed by atoms with Crippen molar-refractivity contribution in [2.24, 2.45) is 0 Å². The Morgan fingerprint density at radius 2 is 2.00 bits per heavy atom. The van der Waals surface area contributed by atoms with E-state index in [2.05, 4.69) is 46.8 Å². The van der Waals surface area contributed by atoms with Crippen molar-refractivity contribution < 1.29 is 9.37 Å². The van der Waals surface area contributed by atoms with Crippen LogP contribution in [-0.4, -0.2) is 57.5 Å². The van der Waals surface area contributed by atoms with E-state index < -0.39 is 0 Å². The van der Waals surface area contributed by atoms with Gasteiger partial charge in [-0.3, -0.25) is 4.90 Å². The SMILES string of the molecule is CC(C)Oc1ncnc2ccc(N3CCN(Cc4cnon4)CC3)cc12. The molecule has 4 rings (SSSR count). The average Bonchev–Trinajstić information content (AvgIpc) is 3.15. The number of hydrogen-bond donors (Lipinski definition) is 0. The second-order valence-corrected chi connectivity index (χ2v) is 6.71. The molecule has 8 heteroatoms. The first-order chi connectivity index (χ1) is 12.7. The number of hydrogen-bond acceptors (Lipinski definition) is 8. The Hall–Kier alpha value is -2.74. The van der Waals surface area contributed by atoms with Crippen LogP contribution in [0.4, 0.5) is 5.69 Å². The summed E-state index contributed by atoms with van der Waals surface area (Å²) in [5, 5.41) is 8.50. The van der Waals surface area contributed by atoms with Gasteiger partial charge in [-0.1, -0.05) is 10.3 Å². The summed E-state index contributed by atoms with van der Waals surface area (Å²) < 4.78 is 10.5. The molecule has 0 unspecified atom stereocenters. The maximum atomic E-state index is 5.85. The molecule has 0 bridgehead atoms. The van der Waals surface area contributed by atoms with Gasteiger partial charge >= 0.3 is 0 Å². The third kappa shape index (κ3) is 3.60. The minimum Gasteiger partial charge on any atom is -0.474 e. The van der Waals surface area contributed by atoms with E-state index in [1.165, 1.54) is 5.69 Å². The average molecular weight is 354 g/mol. The lowest BCUT2D eigenvalue weighted by atomic mass is 10.2. The molecule has 0 spiro atoms. The van der Waals surface area contributed by atoms with Crippen molar-refractivity contribution in [1.82, 2.24) is 25.2 Å². The molecule has 3 aromatic rings. The smallest absolute Gasteiger partial charge is 0.224 e. The summed E-state index contributed by atoms with van der Waals surface area (Å²) in [4.78, 5) is 13.4. The first kappa shape index (κ1) is 16.7. The van der Waals surface area contributed by atoms with Gasteiger partial charge in [-0.15, -0.1) is 0 Å². The molecule has 1 saturated heterocycles. The van der Waals surface area contributed by atoms with E-state index in [4.69, 9.17) is 4.74 Å². The molecule has 0 N–H and O–H groups in total. The predicted molar refractivity (Wildman–Crippen MR) is 97.1 cm³/mol. The van der Waals surface area contributed by atoms with Gasteiger partial charge in [-0.25, -0.2) is 14.6 Å². The van der Waals surface area contributed by atoms with Crippen LogP contribution in [0, 0.1) is 0 Å². The minimum absolute atomic E-state index is 0.0753. The maximum Gasteiger partial charge on any atom is 0.224 e.